The molecule has 0 aliphatic heterocycles. The van der Waals surface area contributed by atoms with Gasteiger partial charge < -0.3 is 5.73 Å². The zero-order valence-electron chi connectivity index (χ0n) is 6.67. The third-order valence-electron chi connectivity index (χ3n) is 1.20. The summed E-state index contributed by atoms with van der Waals surface area (Å²) in [7, 11) is 0. The summed E-state index contributed by atoms with van der Waals surface area (Å²) >= 11 is 14.0. The first-order chi connectivity index (χ1) is 5.99. The van der Waals surface area contributed by atoms with Crippen LogP contribution in [0.5, 0.6) is 0 Å². The molecule has 0 aromatic heterocycles. The van der Waals surface area contributed by atoms with E-state index in [4.69, 9.17) is 28.9 Å². The highest BCUT2D eigenvalue weighted by Gasteiger charge is 2.18. The summed E-state index contributed by atoms with van der Waals surface area (Å²) in [5.41, 5.74) is 4.24. The van der Waals surface area contributed by atoms with Gasteiger partial charge in [0.1, 0.15) is 5.50 Å². The van der Waals surface area contributed by atoms with Gasteiger partial charge in [-0.15, -0.1) is 11.6 Å². The molecule has 0 saturated carbocycles. The number of carbonyl (C=O) groups excluding carboxylic acids is 2. The number of alkyl halides is 2. The molecule has 2 N–H and O–H groups in total. The van der Waals surface area contributed by atoms with Crippen LogP contribution < -0.4 is 5.73 Å². The van der Waals surface area contributed by atoms with Crippen LogP contribution in [0.25, 0.3) is 0 Å². The van der Waals surface area contributed by atoms with E-state index in [1.54, 1.807) is 0 Å². The van der Waals surface area contributed by atoms with E-state index in [0.717, 1.165) is 3.93 Å². The molecule has 0 saturated heterocycles. The second-order valence-corrected chi connectivity index (χ2v) is 3.84. The molecule has 7 heteroatoms. The van der Waals surface area contributed by atoms with Gasteiger partial charge in [-0.1, -0.05) is 11.6 Å². The minimum atomic E-state index is -0.623. The van der Waals surface area contributed by atoms with Gasteiger partial charge in [-0.25, -0.2) is 0 Å². The van der Waals surface area contributed by atoms with Gasteiger partial charge in [0.2, 0.25) is 11.8 Å². The number of nitrogens with zero attached hydrogens (tertiary/aromatic N) is 1. The number of carbonyl (C=O) groups is 2. The minimum absolute atomic E-state index is 0.00677. The van der Waals surface area contributed by atoms with Crippen molar-refractivity contribution in [1.82, 2.24) is 3.93 Å². The lowest BCUT2D eigenvalue weighted by atomic mass is 10.3. The SMILES string of the molecule is NC(=O)CCC(=O)N(Br)C(Cl)CCl. The highest BCUT2D eigenvalue weighted by molar-refractivity contribution is 9.07. The number of amides is 2. The lowest BCUT2D eigenvalue weighted by Gasteiger charge is -2.17. The predicted octanol–water partition coefficient (Wildman–Crippen LogP) is 1.19. The maximum atomic E-state index is 11.2. The Balaban J connectivity index is 3.89. The van der Waals surface area contributed by atoms with Crippen LogP contribution in [0.15, 0.2) is 0 Å². The predicted molar refractivity (Wildman–Crippen MR) is 54.6 cm³/mol. The molecule has 0 aromatic carbocycles. The Kier molecular flexibility index (Phi) is 6.45. The molecule has 0 fully saturated rings. The number of hydrogen-bond acceptors (Lipinski definition) is 2. The van der Waals surface area contributed by atoms with Crippen molar-refractivity contribution < 1.29 is 9.59 Å². The summed E-state index contributed by atoms with van der Waals surface area (Å²) in [5.74, 6) is -0.736. The molecule has 0 radical (unpaired) electrons. The number of primary amides is 1. The molecular formula is C6H9BrCl2N2O2. The molecule has 2 amide bonds. The molecule has 0 heterocycles. The molecule has 0 aliphatic carbocycles. The van der Waals surface area contributed by atoms with E-state index in [-0.39, 0.29) is 24.6 Å². The van der Waals surface area contributed by atoms with E-state index < -0.39 is 11.4 Å². The zero-order chi connectivity index (χ0) is 10.4. The number of hydrogen-bond donors (Lipinski definition) is 1. The lowest BCUT2D eigenvalue weighted by Crippen LogP contribution is -2.30. The first kappa shape index (κ1) is 13.0. The molecule has 0 rings (SSSR count). The Hall–Kier alpha value is -0.000000000000000111. The van der Waals surface area contributed by atoms with Crippen molar-refractivity contribution in [3.05, 3.63) is 0 Å². The third kappa shape index (κ3) is 5.33. The maximum absolute atomic E-state index is 11.2. The summed E-state index contributed by atoms with van der Waals surface area (Å²) in [6.07, 6.45) is 0.0352. The average Bonchev–Trinajstić information content (AvgIpc) is 2.11. The van der Waals surface area contributed by atoms with Gasteiger partial charge in [-0.2, -0.15) is 0 Å². The molecule has 4 nitrogen and oxygen atoms in total. The quantitative estimate of drug-likeness (QED) is 0.470. The second-order valence-electron chi connectivity index (χ2n) is 2.26. The van der Waals surface area contributed by atoms with Gasteiger partial charge in [0.05, 0.1) is 22.0 Å². The summed E-state index contributed by atoms with van der Waals surface area (Å²) < 4.78 is 1.10. The normalized spacial score (nSPS) is 12.2. The Bertz CT molecular complexity index is 203. The third-order valence-corrected chi connectivity index (χ3v) is 3.12. The number of nitrogens with two attached hydrogens (primary N) is 1. The van der Waals surface area contributed by atoms with Gasteiger partial charge in [0.25, 0.3) is 0 Å². The largest absolute Gasteiger partial charge is 0.370 e. The van der Waals surface area contributed by atoms with E-state index in [9.17, 15) is 9.59 Å². The first-order valence-corrected chi connectivity index (χ1v) is 5.13. The number of halogens is 3. The van der Waals surface area contributed by atoms with Gasteiger partial charge in [0, 0.05) is 12.8 Å². The van der Waals surface area contributed by atoms with Crippen LogP contribution in [0.2, 0.25) is 0 Å². The molecule has 1 unspecified atom stereocenters. The highest BCUT2D eigenvalue weighted by atomic mass is 79.9. The van der Waals surface area contributed by atoms with Crippen LogP contribution in [-0.4, -0.2) is 27.1 Å². The van der Waals surface area contributed by atoms with Crippen molar-refractivity contribution in [3.63, 3.8) is 0 Å². The van der Waals surface area contributed by atoms with E-state index in [1.165, 1.54) is 0 Å². The van der Waals surface area contributed by atoms with Crippen molar-refractivity contribution in [2.24, 2.45) is 5.73 Å². The minimum Gasteiger partial charge on any atom is -0.370 e. The first-order valence-electron chi connectivity index (χ1n) is 3.45. The van der Waals surface area contributed by atoms with Gasteiger partial charge in [-0.3, -0.25) is 13.5 Å². The number of rotatable bonds is 5. The monoisotopic (exact) mass is 290 g/mol. The van der Waals surface area contributed by atoms with Crippen molar-refractivity contribution in [1.29, 1.82) is 0 Å². The average molecular weight is 292 g/mol. The van der Waals surface area contributed by atoms with E-state index in [0.29, 0.717) is 0 Å². The van der Waals surface area contributed by atoms with Crippen LogP contribution in [0, 0.1) is 0 Å². The molecule has 13 heavy (non-hydrogen) atoms. The standard InChI is InChI=1S/C6H9BrCl2N2O2/c7-11(4(9)3-8)6(13)2-1-5(10)12/h4H,1-3H2,(H2,10,12). The van der Waals surface area contributed by atoms with Gasteiger partial charge >= 0.3 is 0 Å². The lowest BCUT2D eigenvalue weighted by molar-refractivity contribution is -0.128. The molecular weight excluding hydrogens is 283 g/mol. The molecule has 0 aliphatic rings. The fourth-order valence-electron chi connectivity index (χ4n) is 0.554. The van der Waals surface area contributed by atoms with E-state index in [2.05, 4.69) is 16.1 Å². The highest BCUT2D eigenvalue weighted by Crippen LogP contribution is 2.14. The van der Waals surface area contributed by atoms with Gasteiger partial charge in [-0.05, 0) is 0 Å². The van der Waals surface area contributed by atoms with E-state index >= 15 is 0 Å². The summed E-state index contributed by atoms with van der Waals surface area (Å²) in [6, 6.07) is 0. The summed E-state index contributed by atoms with van der Waals surface area (Å²) in [6.45, 7) is 0. The molecule has 0 spiro atoms. The Labute approximate surface area is 94.7 Å². The molecule has 0 aromatic rings. The Morgan fingerprint density at radius 3 is 2.38 bits per heavy atom. The topological polar surface area (TPSA) is 63.4 Å². The van der Waals surface area contributed by atoms with Crippen LogP contribution in [0.4, 0.5) is 0 Å². The molecule has 0 bridgehead atoms. The van der Waals surface area contributed by atoms with Crippen molar-refractivity contribution in [2.75, 3.05) is 5.88 Å². The van der Waals surface area contributed by atoms with E-state index in [1.807, 2.05) is 0 Å². The van der Waals surface area contributed by atoms with Crippen LogP contribution >= 0.6 is 39.3 Å². The van der Waals surface area contributed by atoms with Crippen LogP contribution in [0.3, 0.4) is 0 Å². The Morgan fingerprint density at radius 2 is 2.00 bits per heavy atom. The maximum Gasteiger partial charge on any atom is 0.234 e. The Morgan fingerprint density at radius 1 is 1.46 bits per heavy atom. The smallest absolute Gasteiger partial charge is 0.234 e. The molecule has 1 atom stereocenters. The molecule has 76 valence electrons. The van der Waals surface area contributed by atoms with Crippen molar-refractivity contribution in [3.8, 4) is 0 Å². The second kappa shape index (κ2) is 6.45. The zero-order valence-corrected chi connectivity index (χ0v) is 9.77. The van der Waals surface area contributed by atoms with Gasteiger partial charge in [0.15, 0.2) is 0 Å². The van der Waals surface area contributed by atoms with Crippen molar-refractivity contribution in [2.45, 2.75) is 18.3 Å². The summed E-state index contributed by atoms with van der Waals surface area (Å²) in [5, 5.41) is 0. The fraction of sp³-hybridized carbons (Fsp3) is 0.667. The van der Waals surface area contributed by atoms with Crippen LogP contribution in [0.1, 0.15) is 12.8 Å². The van der Waals surface area contributed by atoms with Crippen molar-refractivity contribution >= 4 is 51.2 Å². The fourth-order valence-corrected chi connectivity index (χ4v) is 1.29. The van der Waals surface area contributed by atoms with Crippen LogP contribution in [-0.2, 0) is 9.59 Å². The summed E-state index contributed by atoms with van der Waals surface area (Å²) in [4.78, 5) is 21.5.